The molecule has 2 aromatic heterocycles. The van der Waals surface area contributed by atoms with E-state index in [1.165, 1.54) is 16.2 Å². The molecule has 0 N–H and O–H groups in total. The summed E-state index contributed by atoms with van der Waals surface area (Å²) in [6.07, 6.45) is 1.93. The minimum absolute atomic E-state index is 0.0904. The number of hydrogen-bond acceptors (Lipinski definition) is 8. The van der Waals surface area contributed by atoms with E-state index >= 15 is 0 Å². The van der Waals surface area contributed by atoms with E-state index in [4.69, 9.17) is 9.26 Å². The molecule has 10 heteroatoms. The van der Waals surface area contributed by atoms with Crippen molar-refractivity contribution in [2.75, 3.05) is 4.90 Å². The van der Waals surface area contributed by atoms with Crippen LogP contribution in [0.4, 0.5) is 5.69 Å². The highest BCUT2D eigenvalue weighted by Crippen LogP contribution is 2.49. The summed E-state index contributed by atoms with van der Waals surface area (Å²) in [5.74, 6) is -0.531. The number of carbonyl (C=O) groups is 3. The first-order chi connectivity index (χ1) is 15.6. The number of aromatic nitrogens is 2. The number of carbonyl (C=O) groups excluding carboxylic acids is 3. The summed E-state index contributed by atoms with van der Waals surface area (Å²) >= 11 is 1.46. The van der Waals surface area contributed by atoms with Gasteiger partial charge < -0.3 is 14.2 Å². The zero-order valence-corrected chi connectivity index (χ0v) is 17.7. The van der Waals surface area contributed by atoms with Gasteiger partial charge in [-0.05, 0) is 36.4 Å². The number of esters is 1. The van der Waals surface area contributed by atoms with Crippen LogP contribution in [0.1, 0.15) is 41.9 Å². The Balaban J connectivity index is 1.33. The quantitative estimate of drug-likeness (QED) is 0.550. The van der Waals surface area contributed by atoms with E-state index < -0.39 is 11.6 Å². The summed E-state index contributed by atoms with van der Waals surface area (Å²) in [5, 5.41) is 5.78. The average Bonchev–Trinajstić information content (AvgIpc) is 3.19. The highest BCUT2D eigenvalue weighted by atomic mass is 32.1. The number of ether oxygens (including phenoxy) is 1. The fraction of sp³-hybridized carbons (Fsp3) is 0.318. The van der Waals surface area contributed by atoms with E-state index in [-0.39, 0.29) is 43.1 Å². The zero-order valence-electron chi connectivity index (χ0n) is 16.9. The number of amides is 2. The van der Waals surface area contributed by atoms with Gasteiger partial charge >= 0.3 is 5.97 Å². The Labute approximate surface area is 186 Å². The van der Waals surface area contributed by atoms with Crippen molar-refractivity contribution in [3.05, 3.63) is 53.2 Å². The Kier molecular flexibility index (Phi) is 4.19. The van der Waals surface area contributed by atoms with E-state index in [2.05, 4.69) is 10.1 Å². The Hall–Kier alpha value is -3.53. The third-order valence-electron chi connectivity index (χ3n) is 6.07. The monoisotopic (exact) mass is 450 g/mol. The maximum Gasteiger partial charge on any atom is 0.354 e. The van der Waals surface area contributed by atoms with Gasteiger partial charge in [0.05, 0.1) is 16.1 Å². The molecule has 1 aromatic carbocycles. The third kappa shape index (κ3) is 2.72. The van der Waals surface area contributed by atoms with E-state index in [1.54, 1.807) is 29.2 Å². The third-order valence-corrected chi connectivity index (χ3v) is 6.93. The van der Waals surface area contributed by atoms with Crippen molar-refractivity contribution in [2.45, 2.75) is 44.0 Å². The number of para-hydroxylation sites is 1. The molecule has 2 fully saturated rings. The summed E-state index contributed by atoms with van der Waals surface area (Å²) in [7, 11) is 0. The van der Waals surface area contributed by atoms with Gasteiger partial charge in [-0.25, -0.2) is 4.79 Å². The molecule has 0 bridgehead atoms. The van der Waals surface area contributed by atoms with E-state index in [1.807, 2.05) is 17.5 Å². The Bertz CT molecular complexity index is 1230. The van der Waals surface area contributed by atoms with Crippen molar-refractivity contribution in [3.8, 4) is 10.8 Å². The first kappa shape index (κ1) is 19.2. The first-order valence-corrected chi connectivity index (χ1v) is 11.3. The van der Waals surface area contributed by atoms with Gasteiger partial charge in [0.2, 0.25) is 17.4 Å². The smallest absolute Gasteiger partial charge is 0.354 e. The number of fused-ring (bicyclic) bond motifs is 3. The molecular weight excluding hydrogens is 432 g/mol. The molecule has 1 unspecified atom stereocenters. The number of nitrogens with zero attached hydrogens (tertiary/aromatic N) is 4. The predicted molar refractivity (Wildman–Crippen MR) is 112 cm³/mol. The molecule has 1 saturated carbocycles. The van der Waals surface area contributed by atoms with Crippen LogP contribution in [0.25, 0.3) is 10.8 Å². The molecule has 32 heavy (non-hydrogen) atoms. The molecular formula is C22H18N4O5S. The van der Waals surface area contributed by atoms with Crippen molar-refractivity contribution in [1.29, 1.82) is 0 Å². The highest BCUT2D eigenvalue weighted by Gasteiger charge is 2.64. The van der Waals surface area contributed by atoms with Gasteiger partial charge in [-0.1, -0.05) is 23.4 Å². The SMILES string of the molecule is O=C1CCC2(C(=O)OCc3noc(-c4cccs4)n3)N1c1ccccc1C(=O)N2C1CC1. The average molecular weight is 450 g/mol. The molecule has 3 aromatic rings. The molecule has 162 valence electrons. The van der Waals surface area contributed by atoms with Crippen LogP contribution in [0.5, 0.6) is 0 Å². The zero-order chi connectivity index (χ0) is 21.9. The first-order valence-electron chi connectivity index (χ1n) is 10.4. The van der Waals surface area contributed by atoms with Crippen LogP contribution in [0, 0.1) is 0 Å². The standard InChI is InChI=1S/C22H18N4O5S/c27-18-9-10-22(21(29)30-12-17-23-19(31-24-17)16-6-3-11-32-16)25(13-7-8-13)20(28)14-4-1-2-5-15(14)26(18)22/h1-6,11,13H,7-10,12H2. The Morgan fingerprint density at radius 3 is 2.84 bits per heavy atom. The van der Waals surface area contributed by atoms with Crippen molar-refractivity contribution < 1.29 is 23.6 Å². The van der Waals surface area contributed by atoms with Crippen LogP contribution in [-0.2, 0) is 20.9 Å². The second-order valence-electron chi connectivity index (χ2n) is 8.04. The lowest BCUT2D eigenvalue weighted by molar-refractivity contribution is -0.159. The second-order valence-corrected chi connectivity index (χ2v) is 8.99. The normalized spacial score (nSPS) is 22.1. The van der Waals surface area contributed by atoms with Crippen LogP contribution in [0.15, 0.2) is 46.3 Å². The maximum atomic E-state index is 13.6. The van der Waals surface area contributed by atoms with Crippen molar-refractivity contribution >= 4 is 34.8 Å². The predicted octanol–water partition coefficient (Wildman–Crippen LogP) is 2.98. The minimum atomic E-state index is -1.48. The van der Waals surface area contributed by atoms with E-state index in [9.17, 15) is 14.4 Å². The Morgan fingerprint density at radius 1 is 1.22 bits per heavy atom. The molecule has 3 aliphatic rings. The lowest BCUT2D eigenvalue weighted by Crippen LogP contribution is -2.69. The second kappa shape index (κ2) is 6.99. The molecule has 4 heterocycles. The van der Waals surface area contributed by atoms with Gasteiger partial charge in [0.25, 0.3) is 11.8 Å². The van der Waals surface area contributed by atoms with Crippen LogP contribution >= 0.6 is 11.3 Å². The molecule has 2 amide bonds. The molecule has 1 saturated heterocycles. The van der Waals surface area contributed by atoms with E-state index in [0.717, 1.165) is 17.7 Å². The lowest BCUT2D eigenvalue weighted by Gasteiger charge is -2.48. The van der Waals surface area contributed by atoms with Gasteiger partial charge in [0, 0.05) is 18.9 Å². The number of anilines is 1. The number of thiophene rings is 1. The molecule has 9 nitrogen and oxygen atoms in total. The van der Waals surface area contributed by atoms with Crippen LogP contribution in [0.3, 0.4) is 0 Å². The van der Waals surface area contributed by atoms with Gasteiger partial charge in [0.1, 0.15) is 0 Å². The summed E-state index contributed by atoms with van der Waals surface area (Å²) < 4.78 is 10.9. The van der Waals surface area contributed by atoms with Crippen LogP contribution in [-0.4, -0.2) is 44.5 Å². The molecule has 2 aliphatic heterocycles. The number of hydrogen-bond donors (Lipinski definition) is 0. The summed E-state index contributed by atoms with van der Waals surface area (Å²) in [6, 6.07) is 10.6. The molecule has 0 radical (unpaired) electrons. The van der Waals surface area contributed by atoms with Gasteiger partial charge in [-0.2, -0.15) is 4.98 Å². The highest BCUT2D eigenvalue weighted by molar-refractivity contribution is 7.13. The molecule has 1 aliphatic carbocycles. The summed E-state index contributed by atoms with van der Waals surface area (Å²) in [5.41, 5.74) is -0.602. The van der Waals surface area contributed by atoms with Gasteiger partial charge in [0.15, 0.2) is 6.61 Å². The van der Waals surface area contributed by atoms with Crippen LogP contribution in [0.2, 0.25) is 0 Å². The van der Waals surface area contributed by atoms with Gasteiger partial charge in [-0.3, -0.25) is 14.5 Å². The lowest BCUT2D eigenvalue weighted by atomic mass is 9.96. The molecule has 1 atom stereocenters. The van der Waals surface area contributed by atoms with E-state index in [0.29, 0.717) is 17.1 Å². The largest absolute Gasteiger partial charge is 0.454 e. The van der Waals surface area contributed by atoms with Gasteiger partial charge in [-0.15, -0.1) is 11.3 Å². The van der Waals surface area contributed by atoms with Crippen molar-refractivity contribution in [3.63, 3.8) is 0 Å². The maximum absolute atomic E-state index is 13.6. The summed E-state index contributed by atoms with van der Waals surface area (Å²) in [4.78, 5) is 48.0. The van der Waals surface area contributed by atoms with Crippen molar-refractivity contribution in [2.24, 2.45) is 0 Å². The van der Waals surface area contributed by atoms with Crippen LogP contribution < -0.4 is 4.90 Å². The van der Waals surface area contributed by atoms with Crippen molar-refractivity contribution in [1.82, 2.24) is 15.0 Å². The fourth-order valence-electron chi connectivity index (χ4n) is 4.57. The molecule has 6 rings (SSSR count). The fourth-order valence-corrected chi connectivity index (χ4v) is 5.22. The molecule has 0 spiro atoms. The Morgan fingerprint density at radius 2 is 2.06 bits per heavy atom. The number of rotatable bonds is 5. The topological polar surface area (TPSA) is 106 Å². The summed E-state index contributed by atoms with van der Waals surface area (Å²) in [6.45, 7) is -0.216. The number of benzene rings is 1. The minimum Gasteiger partial charge on any atom is -0.454 e.